The highest BCUT2D eigenvalue weighted by atomic mass is 19.4. The van der Waals surface area contributed by atoms with Gasteiger partial charge in [-0.3, -0.25) is 4.99 Å². The van der Waals surface area contributed by atoms with Gasteiger partial charge in [0.1, 0.15) is 0 Å². The van der Waals surface area contributed by atoms with Crippen molar-refractivity contribution < 1.29 is 13.2 Å². The number of hydrogen-bond acceptors (Lipinski definition) is 3. The van der Waals surface area contributed by atoms with Gasteiger partial charge in [0.05, 0.1) is 12.1 Å². The summed E-state index contributed by atoms with van der Waals surface area (Å²) in [6.07, 6.45) is -3.76. The fourth-order valence-corrected chi connectivity index (χ4v) is 1.89. The van der Waals surface area contributed by atoms with Crippen molar-refractivity contribution in [3.05, 3.63) is 35.4 Å². The van der Waals surface area contributed by atoms with E-state index in [0.717, 1.165) is 12.6 Å². The van der Waals surface area contributed by atoms with Crippen molar-refractivity contribution in [3.63, 3.8) is 0 Å². The molecule has 2 rings (SSSR count). The van der Waals surface area contributed by atoms with Gasteiger partial charge in [-0.15, -0.1) is 0 Å². The second-order valence-corrected chi connectivity index (χ2v) is 4.18. The first-order valence-electron chi connectivity index (χ1n) is 5.68. The predicted molar refractivity (Wildman–Crippen MR) is 63.2 cm³/mol. The molecule has 6 heteroatoms. The number of benzene rings is 1. The summed E-state index contributed by atoms with van der Waals surface area (Å²) in [7, 11) is 0. The molecule has 0 aromatic heterocycles. The van der Waals surface area contributed by atoms with E-state index in [1.165, 1.54) is 12.1 Å². The lowest BCUT2D eigenvalue weighted by atomic mass is 10.1. The molecular formula is C12H14F3N3. The molecule has 18 heavy (non-hydrogen) atoms. The van der Waals surface area contributed by atoms with Gasteiger partial charge in [-0.05, 0) is 18.1 Å². The van der Waals surface area contributed by atoms with Crippen LogP contribution in [0.15, 0.2) is 29.3 Å². The van der Waals surface area contributed by atoms with Crippen molar-refractivity contribution >= 4 is 5.96 Å². The average Bonchev–Trinajstić information content (AvgIpc) is 2.72. The van der Waals surface area contributed by atoms with Crippen molar-refractivity contribution in [2.75, 3.05) is 19.6 Å². The molecule has 0 aliphatic carbocycles. The Kier molecular flexibility index (Phi) is 3.45. The number of nitrogens with two attached hydrogens (primary N) is 1. The topological polar surface area (TPSA) is 41.6 Å². The molecule has 1 aromatic carbocycles. The summed E-state index contributed by atoms with van der Waals surface area (Å²) in [6.45, 7) is 2.00. The van der Waals surface area contributed by atoms with Gasteiger partial charge < -0.3 is 10.6 Å². The lowest BCUT2D eigenvalue weighted by Crippen LogP contribution is -2.35. The molecule has 0 unspecified atom stereocenters. The molecule has 1 aliphatic rings. The van der Waals surface area contributed by atoms with Gasteiger partial charge in [-0.25, -0.2) is 0 Å². The second kappa shape index (κ2) is 4.88. The number of hydrogen-bond donors (Lipinski definition) is 1. The third-order valence-electron chi connectivity index (χ3n) is 2.89. The van der Waals surface area contributed by atoms with Crippen LogP contribution >= 0.6 is 0 Å². The predicted octanol–water partition coefficient (Wildman–Crippen LogP) is 1.88. The summed E-state index contributed by atoms with van der Waals surface area (Å²) in [5.74, 6) is 0.474. The zero-order chi connectivity index (χ0) is 13.2. The SMILES string of the molecule is NC1=NCCN1CCc1cccc(C(F)(F)F)c1. The molecule has 2 N–H and O–H groups in total. The highest BCUT2D eigenvalue weighted by molar-refractivity contribution is 5.79. The van der Waals surface area contributed by atoms with E-state index in [9.17, 15) is 13.2 Å². The van der Waals surface area contributed by atoms with Crippen molar-refractivity contribution in [2.24, 2.45) is 10.7 Å². The van der Waals surface area contributed by atoms with E-state index in [1.807, 2.05) is 4.90 Å². The summed E-state index contributed by atoms with van der Waals surface area (Å²) in [4.78, 5) is 5.90. The van der Waals surface area contributed by atoms with Gasteiger partial charge >= 0.3 is 6.18 Å². The molecule has 0 saturated heterocycles. The van der Waals surface area contributed by atoms with Gasteiger partial charge in [-0.1, -0.05) is 18.2 Å². The number of nitrogens with zero attached hydrogens (tertiary/aromatic N) is 2. The Hall–Kier alpha value is -1.72. The number of alkyl halides is 3. The van der Waals surface area contributed by atoms with E-state index in [4.69, 9.17) is 5.73 Å². The van der Waals surface area contributed by atoms with Crippen LogP contribution in [0.25, 0.3) is 0 Å². The minimum Gasteiger partial charge on any atom is -0.370 e. The van der Waals surface area contributed by atoms with E-state index < -0.39 is 11.7 Å². The van der Waals surface area contributed by atoms with Crippen LogP contribution in [0.5, 0.6) is 0 Å². The quantitative estimate of drug-likeness (QED) is 0.898. The van der Waals surface area contributed by atoms with Gasteiger partial charge in [0.15, 0.2) is 5.96 Å². The maximum absolute atomic E-state index is 12.5. The molecule has 0 bridgehead atoms. The van der Waals surface area contributed by atoms with Crippen LogP contribution in [-0.4, -0.2) is 30.5 Å². The third-order valence-corrected chi connectivity index (χ3v) is 2.89. The molecule has 0 spiro atoms. The summed E-state index contributed by atoms with van der Waals surface area (Å²) < 4.78 is 37.6. The molecule has 0 saturated carbocycles. The van der Waals surface area contributed by atoms with Gasteiger partial charge in [0.2, 0.25) is 0 Å². The zero-order valence-electron chi connectivity index (χ0n) is 9.74. The lowest BCUT2D eigenvalue weighted by molar-refractivity contribution is -0.137. The van der Waals surface area contributed by atoms with Crippen molar-refractivity contribution in [3.8, 4) is 0 Å². The Labute approximate surface area is 103 Å². The largest absolute Gasteiger partial charge is 0.416 e. The van der Waals surface area contributed by atoms with Crippen LogP contribution in [0, 0.1) is 0 Å². The molecule has 0 fully saturated rings. The Morgan fingerprint density at radius 3 is 2.72 bits per heavy atom. The smallest absolute Gasteiger partial charge is 0.370 e. The Morgan fingerprint density at radius 1 is 1.33 bits per heavy atom. The minimum absolute atomic E-state index is 0.474. The molecule has 1 aromatic rings. The molecule has 0 amide bonds. The lowest BCUT2D eigenvalue weighted by Gasteiger charge is -2.17. The number of rotatable bonds is 3. The Morgan fingerprint density at radius 2 is 2.11 bits per heavy atom. The van der Waals surface area contributed by atoms with E-state index in [0.29, 0.717) is 31.0 Å². The van der Waals surface area contributed by atoms with Gasteiger partial charge in [-0.2, -0.15) is 13.2 Å². The first kappa shape index (κ1) is 12.7. The first-order valence-corrected chi connectivity index (χ1v) is 5.68. The van der Waals surface area contributed by atoms with Crippen LogP contribution < -0.4 is 5.73 Å². The summed E-state index contributed by atoms with van der Waals surface area (Å²) in [6, 6.07) is 5.39. The molecular weight excluding hydrogens is 243 g/mol. The highest BCUT2D eigenvalue weighted by Gasteiger charge is 2.30. The number of halogens is 3. The van der Waals surface area contributed by atoms with Gasteiger partial charge in [0, 0.05) is 13.1 Å². The highest BCUT2D eigenvalue weighted by Crippen LogP contribution is 2.29. The summed E-state index contributed by atoms with van der Waals surface area (Å²) in [5.41, 5.74) is 5.69. The average molecular weight is 257 g/mol. The van der Waals surface area contributed by atoms with Crippen LogP contribution in [0.4, 0.5) is 13.2 Å². The van der Waals surface area contributed by atoms with Crippen LogP contribution in [-0.2, 0) is 12.6 Å². The minimum atomic E-state index is -4.29. The normalized spacial score (nSPS) is 15.9. The molecule has 3 nitrogen and oxygen atoms in total. The van der Waals surface area contributed by atoms with Crippen LogP contribution in [0.2, 0.25) is 0 Å². The molecule has 0 atom stereocenters. The van der Waals surface area contributed by atoms with Crippen molar-refractivity contribution in [2.45, 2.75) is 12.6 Å². The zero-order valence-corrected chi connectivity index (χ0v) is 9.74. The van der Waals surface area contributed by atoms with Crippen molar-refractivity contribution in [1.82, 2.24) is 4.90 Å². The summed E-state index contributed by atoms with van der Waals surface area (Å²) >= 11 is 0. The van der Waals surface area contributed by atoms with Crippen molar-refractivity contribution in [1.29, 1.82) is 0 Å². The molecule has 0 radical (unpaired) electrons. The number of aliphatic imine (C=N–C) groups is 1. The van der Waals surface area contributed by atoms with E-state index >= 15 is 0 Å². The molecule has 1 aliphatic heterocycles. The third kappa shape index (κ3) is 2.94. The standard InChI is InChI=1S/C12H14F3N3/c13-12(14,15)10-3-1-2-9(8-10)4-6-18-7-5-17-11(18)16/h1-3,8H,4-7H2,(H2,16,17). The monoisotopic (exact) mass is 257 g/mol. The fourth-order valence-electron chi connectivity index (χ4n) is 1.89. The summed E-state index contributed by atoms with van der Waals surface area (Å²) in [5, 5.41) is 0. The van der Waals surface area contributed by atoms with Crippen LogP contribution in [0.1, 0.15) is 11.1 Å². The fraction of sp³-hybridized carbons (Fsp3) is 0.417. The second-order valence-electron chi connectivity index (χ2n) is 4.18. The van der Waals surface area contributed by atoms with Gasteiger partial charge in [0.25, 0.3) is 0 Å². The van der Waals surface area contributed by atoms with Crippen LogP contribution in [0.3, 0.4) is 0 Å². The Balaban J connectivity index is 2.00. The van der Waals surface area contributed by atoms with E-state index in [1.54, 1.807) is 6.07 Å². The van der Waals surface area contributed by atoms with E-state index in [-0.39, 0.29) is 0 Å². The molecule has 1 heterocycles. The molecule has 98 valence electrons. The van der Waals surface area contributed by atoms with E-state index in [2.05, 4.69) is 4.99 Å². The first-order chi connectivity index (χ1) is 8.47. The Bertz CT molecular complexity index is 454. The maximum Gasteiger partial charge on any atom is 0.416 e. The number of guanidine groups is 1. The maximum atomic E-state index is 12.5.